The minimum Gasteiger partial charge on any atom is -0.398 e. The van der Waals surface area contributed by atoms with Crippen molar-refractivity contribution in [3.05, 3.63) is 29.3 Å². The third kappa shape index (κ3) is 2.94. The lowest BCUT2D eigenvalue weighted by Gasteiger charge is -1.97. The van der Waals surface area contributed by atoms with Crippen molar-refractivity contribution in [1.29, 1.82) is 0 Å². The first-order valence-electron chi connectivity index (χ1n) is 3.41. The van der Waals surface area contributed by atoms with Crippen molar-refractivity contribution in [3.8, 4) is 11.2 Å². The fraction of sp³-hybridized carbons (Fsp3) is 0. The van der Waals surface area contributed by atoms with E-state index in [2.05, 4.69) is 32.4 Å². The summed E-state index contributed by atoms with van der Waals surface area (Å²) in [4.78, 5) is 10.4. The van der Waals surface area contributed by atoms with E-state index in [0.29, 0.717) is 11.3 Å². The van der Waals surface area contributed by atoms with Gasteiger partial charge in [-0.05, 0) is 26.3 Å². The summed E-state index contributed by atoms with van der Waals surface area (Å²) in [6, 6.07) is 5.07. The van der Waals surface area contributed by atoms with E-state index in [4.69, 9.17) is 5.73 Å². The Morgan fingerprint density at radius 1 is 1.54 bits per heavy atom. The van der Waals surface area contributed by atoms with Gasteiger partial charge in [0.2, 0.25) is 0 Å². The van der Waals surface area contributed by atoms with Crippen LogP contribution in [0, 0.1) is 11.2 Å². The standard InChI is InChI=1S/C9H6INOS/c10-13-4-3-8-2-1-7(6-12)5-9(8)11/h1-2,5-6H,11H2. The number of halogens is 1. The van der Waals surface area contributed by atoms with Gasteiger partial charge in [-0.25, -0.2) is 0 Å². The highest BCUT2D eigenvalue weighted by Crippen LogP contribution is 2.13. The Kier molecular flexibility index (Phi) is 4.12. The fourth-order valence-electron chi connectivity index (χ4n) is 0.843. The SMILES string of the molecule is Nc1cc(C=O)ccc1C#CSI. The molecule has 2 nitrogen and oxygen atoms in total. The van der Waals surface area contributed by atoms with Crippen LogP contribution in [0.1, 0.15) is 15.9 Å². The van der Waals surface area contributed by atoms with Crippen LogP contribution in [0.4, 0.5) is 5.69 Å². The summed E-state index contributed by atoms with van der Waals surface area (Å²) in [6.07, 6.45) is 0.765. The molecule has 0 aliphatic carbocycles. The Bertz CT molecular complexity index is 381. The van der Waals surface area contributed by atoms with Gasteiger partial charge >= 0.3 is 0 Å². The molecule has 4 heteroatoms. The van der Waals surface area contributed by atoms with Crippen molar-refractivity contribution in [2.24, 2.45) is 0 Å². The minimum atomic E-state index is 0.544. The van der Waals surface area contributed by atoms with Crippen LogP contribution >= 0.6 is 30.1 Å². The topological polar surface area (TPSA) is 43.1 Å². The normalized spacial score (nSPS) is 8.69. The van der Waals surface area contributed by atoms with Crippen LogP contribution in [0.2, 0.25) is 0 Å². The molecule has 0 fully saturated rings. The van der Waals surface area contributed by atoms with Gasteiger partial charge in [-0.3, -0.25) is 4.79 Å². The molecule has 66 valence electrons. The molecular weight excluding hydrogens is 297 g/mol. The molecule has 0 radical (unpaired) electrons. The van der Waals surface area contributed by atoms with Gasteiger partial charge in [-0.15, -0.1) is 0 Å². The van der Waals surface area contributed by atoms with Gasteiger partial charge in [0, 0.05) is 38.0 Å². The quantitative estimate of drug-likeness (QED) is 0.375. The largest absolute Gasteiger partial charge is 0.398 e. The van der Waals surface area contributed by atoms with Crippen molar-refractivity contribution >= 4 is 42.1 Å². The Labute approximate surface area is 92.9 Å². The van der Waals surface area contributed by atoms with Crippen molar-refractivity contribution in [3.63, 3.8) is 0 Å². The zero-order valence-electron chi connectivity index (χ0n) is 6.58. The van der Waals surface area contributed by atoms with E-state index in [-0.39, 0.29) is 0 Å². The van der Waals surface area contributed by atoms with Gasteiger partial charge in [0.15, 0.2) is 0 Å². The first-order valence-corrected chi connectivity index (χ1v) is 6.77. The van der Waals surface area contributed by atoms with Gasteiger partial charge in [-0.2, -0.15) is 0 Å². The molecule has 0 spiro atoms. The summed E-state index contributed by atoms with van der Waals surface area (Å²) in [6.45, 7) is 0. The molecule has 0 atom stereocenters. The third-order valence-electron chi connectivity index (χ3n) is 1.44. The van der Waals surface area contributed by atoms with Crippen LogP contribution in [0.3, 0.4) is 0 Å². The number of hydrogen-bond acceptors (Lipinski definition) is 3. The number of carbonyl (C=O) groups is 1. The number of anilines is 1. The van der Waals surface area contributed by atoms with E-state index >= 15 is 0 Å². The minimum absolute atomic E-state index is 0.544. The average molecular weight is 303 g/mol. The molecule has 0 aliphatic heterocycles. The predicted octanol–water partition coefficient (Wildman–Crippen LogP) is 2.47. The molecule has 0 amide bonds. The Morgan fingerprint density at radius 3 is 2.85 bits per heavy atom. The number of nitrogen functional groups attached to an aromatic ring is 1. The highest BCUT2D eigenvalue weighted by atomic mass is 127. The summed E-state index contributed by atoms with van der Waals surface area (Å²) in [5, 5.41) is 2.83. The molecule has 1 aromatic rings. The highest BCUT2D eigenvalue weighted by Gasteiger charge is 1.96. The third-order valence-corrected chi connectivity index (χ3v) is 2.28. The molecule has 1 rings (SSSR count). The van der Waals surface area contributed by atoms with Crippen LogP contribution in [0.15, 0.2) is 18.2 Å². The van der Waals surface area contributed by atoms with Crippen LogP contribution in [-0.2, 0) is 0 Å². The smallest absolute Gasteiger partial charge is 0.150 e. The monoisotopic (exact) mass is 303 g/mol. The van der Waals surface area contributed by atoms with Gasteiger partial charge < -0.3 is 5.73 Å². The molecule has 0 saturated carbocycles. The van der Waals surface area contributed by atoms with Gasteiger partial charge in [0.25, 0.3) is 0 Å². The van der Waals surface area contributed by atoms with Gasteiger partial charge in [0.1, 0.15) is 6.29 Å². The van der Waals surface area contributed by atoms with Crippen molar-refractivity contribution in [2.75, 3.05) is 5.73 Å². The van der Waals surface area contributed by atoms with Crippen LogP contribution in [-0.4, -0.2) is 6.29 Å². The van der Waals surface area contributed by atoms with Crippen molar-refractivity contribution in [2.45, 2.75) is 0 Å². The molecule has 1 aromatic carbocycles. The van der Waals surface area contributed by atoms with E-state index < -0.39 is 0 Å². The molecule has 0 aromatic heterocycles. The summed E-state index contributed by atoms with van der Waals surface area (Å²) in [5.74, 6) is 2.88. The highest BCUT2D eigenvalue weighted by molar-refractivity contribution is 14.2. The van der Waals surface area contributed by atoms with Gasteiger partial charge in [-0.1, -0.05) is 12.0 Å². The number of benzene rings is 1. The molecule has 0 aliphatic rings. The Balaban J connectivity index is 3.05. The lowest BCUT2D eigenvalue weighted by molar-refractivity contribution is 0.112. The first kappa shape index (κ1) is 10.4. The summed E-state index contributed by atoms with van der Waals surface area (Å²) >= 11 is 2.09. The second-order valence-corrected chi connectivity index (χ2v) is 3.95. The maximum Gasteiger partial charge on any atom is 0.150 e. The molecule has 0 saturated heterocycles. The van der Waals surface area contributed by atoms with Crippen LogP contribution in [0.5, 0.6) is 0 Å². The number of hydrogen-bond donors (Lipinski definition) is 1. The van der Waals surface area contributed by atoms with E-state index in [1.807, 2.05) is 0 Å². The van der Waals surface area contributed by atoms with Crippen molar-refractivity contribution < 1.29 is 4.79 Å². The molecule has 13 heavy (non-hydrogen) atoms. The first-order chi connectivity index (χ1) is 6.27. The predicted molar refractivity (Wildman–Crippen MR) is 64.7 cm³/mol. The zero-order chi connectivity index (χ0) is 9.68. The average Bonchev–Trinajstić information content (AvgIpc) is 2.16. The van der Waals surface area contributed by atoms with E-state index in [1.54, 1.807) is 18.2 Å². The number of carbonyl (C=O) groups excluding carboxylic acids is 1. The van der Waals surface area contributed by atoms with E-state index in [0.717, 1.165) is 11.8 Å². The number of nitrogens with two attached hydrogens (primary N) is 1. The number of aldehydes is 1. The molecule has 0 bridgehead atoms. The molecule has 0 heterocycles. The second kappa shape index (κ2) is 5.14. The molecular formula is C9H6INOS. The summed E-state index contributed by atoms with van der Waals surface area (Å²) in [5.41, 5.74) is 7.54. The lowest BCUT2D eigenvalue weighted by Crippen LogP contribution is -1.91. The maximum atomic E-state index is 10.4. The van der Waals surface area contributed by atoms with Gasteiger partial charge in [0.05, 0.1) is 0 Å². The maximum absolute atomic E-state index is 10.4. The van der Waals surface area contributed by atoms with E-state index in [9.17, 15) is 4.79 Å². The number of rotatable bonds is 1. The molecule has 0 unspecified atom stereocenters. The van der Waals surface area contributed by atoms with E-state index in [1.165, 1.54) is 8.93 Å². The van der Waals surface area contributed by atoms with Crippen LogP contribution < -0.4 is 5.73 Å². The van der Waals surface area contributed by atoms with Crippen molar-refractivity contribution in [1.82, 2.24) is 0 Å². The second-order valence-electron chi connectivity index (χ2n) is 2.27. The fourth-order valence-corrected chi connectivity index (χ4v) is 1.32. The zero-order valence-corrected chi connectivity index (χ0v) is 9.56. The lowest BCUT2D eigenvalue weighted by atomic mass is 10.1. The Hall–Kier alpha value is -0.670. The Morgan fingerprint density at radius 2 is 2.31 bits per heavy atom. The van der Waals surface area contributed by atoms with Crippen LogP contribution in [0.25, 0.3) is 0 Å². The molecule has 2 N–H and O–H groups in total. The summed E-state index contributed by atoms with van der Waals surface area (Å²) < 4.78 is 0. The summed E-state index contributed by atoms with van der Waals surface area (Å²) in [7, 11) is 1.40.